The Morgan fingerprint density at radius 3 is 1.58 bits per heavy atom. The van der Waals surface area contributed by atoms with Crippen LogP contribution in [0.15, 0.2) is 0 Å². The van der Waals surface area contributed by atoms with E-state index in [1.54, 1.807) is 41.1 Å². The Morgan fingerprint density at radius 1 is 1.17 bits per heavy atom. The topological polar surface area (TPSA) is 49.7 Å². The van der Waals surface area contributed by atoms with E-state index in [0.717, 1.165) is 0 Å². The molecule has 0 fully saturated rings. The molecular formula is C6H17CuIO3P. The molecule has 0 aromatic carbocycles. The predicted octanol–water partition coefficient (Wildman–Crippen LogP) is 2.23. The van der Waals surface area contributed by atoms with Crippen LogP contribution in [0.1, 0.15) is 20.8 Å². The van der Waals surface area contributed by atoms with Crippen molar-refractivity contribution in [2.75, 3.05) is 18.9 Å². The fourth-order valence-electron chi connectivity index (χ4n) is 0.704. The molecule has 0 aromatic heterocycles. The van der Waals surface area contributed by atoms with E-state index in [-0.39, 0.29) is 0 Å². The van der Waals surface area contributed by atoms with Crippen molar-refractivity contribution in [3.8, 4) is 0 Å². The van der Waals surface area contributed by atoms with Crippen molar-refractivity contribution in [2.45, 2.75) is 20.8 Å². The number of hydrogen-bond donors (Lipinski definition) is 2. The SMILES string of the molecule is CCOP(O)(O)(CC)CC.[Cu][I]. The van der Waals surface area contributed by atoms with Crippen molar-refractivity contribution in [1.29, 1.82) is 0 Å². The van der Waals surface area contributed by atoms with Crippen molar-refractivity contribution >= 4 is 27.6 Å². The second-order valence-electron chi connectivity index (χ2n) is 2.35. The molecule has 82 valence electrons. The molecule has 0 radical (unpaired) electrons. The molecule has 12 heavy (non-hydrogen) atoms. The van der Waals surface area contributed by atoms with Crippen molar-refractivity contribution in [1.82, 2.24) is 0 Å². The zero-order chi connectivity index (χ0) is 10.3. The molecule has 0 atom stereocenters. The van der Waals surface area contributed by atoms with Gasteiger partial charge in [0.2, 0.25) is 0 Å². The second-order valence-corrected chi connectivity index (χ2v) is 6.47. The first-order chi connectivity index (χ1) is 5.46. The summed E-state index contributed by atoms with van der Waals surface area (Å²) in [6.45, 7) is 5.60. The monoisotopic (exact) mass is 358 g/mol. The molecular weight excluding hydrogens is 341 g/mol. The van der Waals surface area contributed by atoms with E-state index in [1.807, 2.05) is 0 Å². The Hall–Kier alpha value is 1.56. The van der Waals surface area contributed by atoms with E-state index in [9.17, 15) is 9.79 Å². The Kier molecular flexibility index (Phi) is 9.25. The van der Waals surface area contributed by atoms with Crippen molar-refractivity contribution < 1.29 is 27.1 Å². The van der Waals surface area contributed by atoms with Crippen molar-refractivity contribution in [3.63, 3.8) is 0 Å². The fourth-order valence-corrected chi connectivity index (χ4v) is 2.11. The number of rotatable bonds is 4. The Labute approximate surface area is 94.0 Å². The molecule has 0 heterocycles. The first-order valence-corrected chi connectivity index (χ1v) is 9.21. The second kappa shape index (κ2) is 6.93. The molecule has 2 N–H and O–H groups in total. The Balaban J connectivity index is 0. The normalized spacial score (nSPS) is 14.2. The molecule has 0 rings (SSSR count). The summed E-state index contributed by atoms with van der Waals surface area (Å²) in [4.78, 5) is 19.1. The minimum absolute atomic E-state index is 0.315. The minimum atomic E-state index is -3.66. The molecule has 0 aromatic rings. The van der Waals surface area contributed by atoms with Crippen LogP contribution in [0.5, 0.6) is 0 Å². The molecule has 3 nitrogen and oxygen atoms in total. The maximum absolute atomic E-state index is 9.56. The van der Waals surface area contributed by atoms with E-state index < -0.39 is 7.28 Å². The third kappa shape index (κ3) is 6.08. The van der Waals surface area contributed by atoms with Crippen molar-refractivity contribution in [2.24, 2.45) is 0 Å². The zero-order valence-corrected chi connectivity index (χ0v) is 11.5. The summed E-state index contributed by atoms with van der Waals surface area (Å²) < 4.78 is 4.96. The molecule has 0 saturated heterocycles. The van der Waals surface area contributed by atoms with Gasteiger partial charge in [-0.1, -0.05) is 0 Å². The van der Waals surface area contributed by atoms with E-state index in [2.05, 4.69) is 12.8 Å². The van der Waals surface area contributed by atoms with Crippen molar-refractivity contribution in [3.05, 3.63) is 0 Å². The fraction of sp³-hybridized carbons (Fsp3) is 1.00. The predicted molar refractivity (Wildman–Crippen MR) is 58.1 cm³/mol. The summed E-state index contributed by atoms with van der Waals surface area (Å²) >= 11 is 5.87. The van der Waals surface area contributed by atoms with Crippen LogP contribution in [0.2, 0.25) is 0 Å². The van der Waals surface area contributed by atoms with E-state index in [0.29, 0.717) is 18.9 Å². The van der Waals surface area contributed by atoms with E-state index in [1.165, 1.54) is 0 Å². The summed E-state index contributed by atoms with van der Waals surface area (Å²) in [6, 6.07) is 0. The number of hydrogen-bond acceptors (Lipinski definition) is 3. The van der Waals surface area contributed by atoms with Gasteiger partial charge in [0, 0.05) is 0 Å². The zero-order valence-electron chi connectivity index (χ0n) is 7.55. The summed E-state index contributed by atoms with van der Waals surface area (Å²) in [6.07, 6.45) is 0.631. The van der Waals surface area contributed by atoms with Gasteiger partial charge in [0.05, 0.1) is 0 Å². The molecule has 0 bridgehead atoms. The van der Waals surface area contributed by atoms with Gasteiger partial charge in [-0.15, -0.1) is 0 Å². The quantitative estimate of drug-likeness (QED) is 0.460. The summed E-state index contributed by atoms with van der Waals surface area (Å²) in [5.74, 6) is 0. The number of halogens is 1. The molecule has 0 aliphatic rings. The molecule has 6 heteroatoms. The molecule has 0 aliphatic heterocycles. The third-order valence-electron chi connectivity index (χ3n) is 1.70. The first kappa shape index (κ1) is 16.0. The van der Waals surface area contributed by atoms with Gasteiger partial charge in [-0.25, -0.2) is 0 Å². The molecule has 0 amide bonds. The van der Waals surface area contributed by atoms with Gasteiger partial charge in [0.1, 0.15) is 0 Å². The Bertz CT molecular complexity index is 115. The van der Waals surface area contributed by atoms with Crippen LogP contribution in [0, 0.1) is 0 Å². The standard InChI is InChI=1S/C6H17O3P.Cu.HI/c1-4-9-10(7,8,5-2)6-3;;/h7-8H,4-6H2,1-3H3;;1H/q;+1;/p-1. The van der Waals surface area contributed by atoms with Crippen LogP contribution in [0.3, 0.4) is 0 Å². The molecule has 0 spiro atoms. The molecule has 0 aliphatic carbocycles. The molecule has 0 unspecified atom stereocenters. The summed E-state index contributed by atoms with van der Waals surface area (Å²) in [5.41, 5.74) is 0. The van der Waals surface area contributed by atoms with E-state index >= 15 is 0 Å². The van der Waals surface area contributed by atoms with Crippen LogP contribution in [0.25, 0.3) is 0 Å². The average molecular weight is 359 g/mol. The maximum atomic E-state index is 9.56. The van der Waals surface area contributed by atoms with Gasteiger partial charge >= 0.3 is 94.4 Å². The average Bonchev–Trinajstić information content (AvgIpc) is 2.09. The van der Waals surface area contributed by atoms with Gasteiger partial charge in [0.25, 0.3) is 0 Å². The van der Waals surface area contributed by atoms with Gasteiger partial charge in [0.15, 0.2) is 0 Å². The van der Waals surface area contributed by atoms with Crippen LogP contribution in [-0.2, 0) is 17.3 Å². The van der Waals surface area contributed by atoms with Crippen LogP contribution in [0.4, 0.5) is 0 Å². The van der Waals surface area contributed by atoms with Crippen LogP contribution < -0.4 is 0 Å². The third-order valence-corrected chi connectivity index (χ3v) is 5.09. The van der Waals surface area contributed by atoms with Crippen LogP contribution >= 0.6 is 27.6 Å². The van der Waals surface area contributed by atoms with Gasteiger partial charge < -0.3 is 0 Å². The summed E-state index contributed by atoms with van der Waals surface area (Å²) in [5, 5.41) is 0. The molecule has 0 saturated carbocycles. The van der Waals surface area contributed by atoms with E-state index in [4.69, 9.17) is 4.52 Å². The van der Waals surface area contributed by atoms with Gasteiger partial charge in [-0.05, 0) is 0 Å². The Morgan fingerprint density at radius 2 is 1.50 bits per heavy atom. The first-order valence-electron chi connectivity index (χ1n) is 3.74. The van der Waals surface area contributed by atoms with Crippen LogP contribution in [-0.4, -0.2) is 28.7 Å². The summed E-state index contributed by atoms with van der Waals surface area (Å²) in [7, 11) is -3.66. The van der Waals surface area contributed by atoms with Gasteiger partial charge in [-0.3, -0.25) is 0 Å². The van der Waals surface area contributed by atoms with Gasteiger partial charge in [-0.2, -0.15) is 0 Å².